The maximum atomic E-state index is 12.0. The zero-order valence-electron chi connectivity index (χ0n) is 12.0. The average Bonchev–Trinajstić information content (AvgIpc) is 3.05. The Morgan fingerprint density at radius 1 is 1.55 bits per heavy atom. The number of amides is 1. The smallest absolute Gasteiger partial charge is 0.230 e. The molecule has 0 bridgehead atoms. The summed E-state index contributed by atoms with van der Waals surface area (Å²) in [5.41, 5.74) is -0.399. The quantitative estimate of drug-likeness (QED) is 0.775. The number of aromatic nitrogens is 3. The second-order valence-corrected chi connectivity index (χ2v) is 6.54. The molecule has 1 fully saturated rings. The van der Waals surface area contributed by atoms with Crippen molar-refractivity contribution in [1.29, 1.82) is 0 Å². The summed E-state index contributed by atoms with van der Waals surface area (Å²) < 4.78 is 1.94. The van der Waals surface area contributed by atoms with E-state index in [1.165, 1.54) is 11.8 Å². The maximum Gasteiger partial charge on any atom is 0.230 e. The number of aliphatic hydroxyl groups is 1. The molecule has 0 spiro atoms. The van der Waals surface area contributed by atoms with Crippen LogP contribution in [0.25, 0.3) is 0 Å². The van der Waals surface area contributed by atoms with E-state index >= 15 is 0 Å². The molecule has 6 nitrogen and oxygen atoms in total. The largest absolute Gasteiger partial charge is 0.394 e. The first kappa shape index (κ1) is 15.3. The maximum absolute atomic E-state index is 12.0. The van der Waals surface area contributed by atoms with Crippen molar-refractivity contribution in [3.05, 3.63) is 6.33 Å². The minimum atomic E-state index is -0.399. The molecular weight excluding hydrogens is 276 g/mol. The van der Waals surface area contributed by atoms with Crippen LogP contribution in [-0.4, -0.2) is 43.7 Å². The summed E-state index contributed by atoms with van der Waals surface area (Å²) in [6, 6.07) is 0.272. The van der Waals surface area contributed by atoms with Gasteiger partial charge in [-0.3, -0.25) is 4.79 Å². The fourth-order valence-electron chi connectivity index (χ4n) is 2.53. The lowest BCUT2D eigenvalue weighted by molar-refractivity contribution is -0.121. The number of nitrogens with one attached hydrogen (secondary N) is 1. The van der Waals surface area contributed by atoms with E-state index in [1.807, 2.05) is 18.4 Å². The van der Waals surface area contributed by atoms with Crippen LogP contribution in [0.4, 0.5) is 0 Å². The first-order valence-corrected chi connectivity index (χ1v) is 7.99. The number of hydrogen-bond donors (Lipinski definition) is 2. The highest BCUT2D eigenvalue weighted by Gasteiger charge is 2.34. The molecule has 1 aromatic heterocycles. The lowest BCUT2D eigenvalue weighted by Crippen LogP contribution is -2.49. The highest BCUT2D eigenvalue weighted by atomic mass is 32.2. The molecule has 0 aromatic carbocycles. The van der Waals surface area contributed by atoms with Gasteiger partial charge in [0.1, 0.15) is 6.33 Å². The molecule has 1 aliphatic rings. The Hall–Kier alpha value is -1.08. The third-order valence-corrected chi connectivity index (χ3v) is 4.65. The summed E-state index contributed by atoms with van der Waals surface area (Å²) in [5, 5.41) is 21.1. The Bertz CT molecular complexity index is 455. The fraction of sp³-hybridized carbons (Fsp3) is 0.769. The van der Waals surface area contributed by atoms with E-state index in [9.17, 15) is 9.90 Å². The minimum absolute atomic E-state index is 0.0194. The van der Waals surface area contributed by atoms with Crippen LogP contribution in [0, 0.1) is 0 Å². The Labute approximate surface area is 123 Å². The van der Waals surface area contributed by atoms with Crippen molar-refractivity contribution in [1.82, 2.24) is 20.1 Å². The van der Waals surface area contributed by atoms with Crippen LogP contribution in [0.1, 0.15) is 45.6 Å². The van der Waals surface area contributed by atoms with E-state index in [0.29, 0.717) is 5.75 Å². The minimum Gasteiger partial charge on any atom is -0.394 e. The number of rotatable bonds is 6. The normalized spacial score (nSPS) is 17.6. The second kappa shape index (κ2) is 6.58. The number of thioether (sulfide) groups is 1. The van der Waals surface area contributed by atoms with Gasteiger partial charge in [0.15, 0.2) is 5.16 Å². The molecular formula is C13H22N4O2S. The van der Waals surface area contributed by atoms with Crippen molar-refractivity contribution in [3.8, 4) is 0 Å². The van der Waals surface area contributed by atoms with Crippen LogP contribution in [0.3, 0.4) is 0 Å². The number of carbonyl (C=O) groups is 1. The summed E-state index contributed by atoms with van der Waals surface area (Å²) in [6.07, 6.45) is 5.53. The van der Waals surface area contributed by atoms with E-state index in [2.05, 4.69) is 15.5 Å². The monoisotopic (exact) mass is 298 g/mol. The SMILES string of the molecule is CC(C)n1cnnc1SCC(=O)NC1(CO)CCCC1. The Balaban J connectivity index is 1.87. The predicted molar refractivity (Wildman–Crippen MR) is 77.6 cm³/mol. The summed E-state index contributed by atoms with van der Waals surface area (Å²) in [6.45, 7) is 4.12. The average molecular weight is 298 g/mol. The topological polar surface area (TPSA) is 80.0 Å². The van der Waals surface area contributed by atoms with E-state index in [-0.39, 0.29) is 18.6 Å². The van der Waals surface area contributed by atoms with Crippen molar-refractivity contribution in [3.63, 3.8) is 0 Å². The molecule has 112 valence electrons. The second-order valence-electron chi connectivity index (χ2n) is 5.60. The van der Waals surface area contributed by atoms with Crippen LogP contribution >= 0.6 is 11.8 Å². The molecule has 1 aromatic rings. The molecule has 0 saturated heterocycles. The molecule has 2 N–H and O–H groups in total. The van der Waals surface area contributed by atoms with Crippen molar-refractivity contribution in [2.45, 2.75) is 56.3 Å². The first-order valence-electron chi connectivity index (χ1n) is 7.00. The number of carbonyl (C=O) groups excluding carboxylic acids is 1. The summed E-state index contributed by atoms with van der Waals surface area (Å²) >= 11 is 1.38. The molecule has 2 rings (SSSR count). The Kier molecular flexibility index (Phi) is 5.04. The highest BCUT2D eigenvalue weighted by Crippen LogP contribution is 2.29. The van der Waals surface area contributed by atoms with E-state index in [4.69, 9.17) is 0 Å². The molecule has 0 unspecified atom stereocenters. The van der Waals surface area contributed by atoms with E-state index in [0.717, 1.165) is 30.8 Å². The third kappa shape index (κ3) is 3.52. The van der Waals surface area contributed by atoms with Gasteiger partial charge in [-0.25, -0.2) is 0 Å². The van der Waals surface area contributed by atoms with Gasteiger partial charge in [-0.15, -0.1) is 10.2 Å². The van der Waals surface area contributed by atoms with Gasteiger partial charge >= 0.3 is 0 Å². The Morgan fingerprint density at radius 2 is 2.25 bits per heavy atom. The van der Waals surface area contributed by atoms with Crippen LogP contribution in [0.5, 0.6) is 0 Å². The summed E-state index contributed by atoms with van der Waals surface area (Å²) in [5.74, 6) is 0.247. The summed E-state index contributed by atoms with van der Waals surface area (Å²) in [7, 11) is 0. The molecule has 1 saturated carbocycles. The van der Waals surface area contributed by atoms with Crippen molar-refractivity contribution >= 4 is 17.7 Å². The van der Waals surface area contributed by atoms with Gasteiger partial charge < -0.3 is 15.0 Å². The molecule has 1 heterocycles. The van der Waals surface area contributed by atoms with Gasteiger partial charge in [-0.2, -0.15) is 0 Å². The van der Waals surface area contributed by atoms with E-state index < -0.39 is 5.54 Å². The summed E-state index contributed by atoms with van der Waals surface area (Å²) in [4.78, 5) is 12.0. The van der Waals surface area contributed by atoms with Gasteiger partial charge in [-0.1, -0.05) is 24.6 Å². The van der Waals surface area contributed by atoms with Crippen LogP contribution < -0.4 is 5.32 Å². The van der Waals surface area contributed by atoms with Crippen LogP contribution in [0.15, 0.2) is 11.5 Å². The van der Waals surface area contributed by atoms with Gasteiger partial charge in [0.05, 0.1) is 17.9 Å². The molecule has 0 radical (unpaired) electrons. The number of aliphatic hydroxyl groups excluding tert-OH is 1. The van der Waals surface area contributed by atoms with Crippen LogP contribution in [0.2, 0.25) is 0 Å². The molecule has 1 aliphatic carbocycles. The van der Waals surface area contributed by atoms with E-state index in [1.54, 1.807) is 6.33 Å². The van der Waals surface area contributed by atoms with Gasteiger partial charge in [0.25, 0.3) is 0 Å². The van der Waals surface area contributed by atoms with Crippen molar-refractivity contribution < 1.29 is 9.90 Å². The molecule has 7 heteroatoms. The Morgan fingerprint density at radius 3 is 2.85 bits per heavy atom. The number of nitrogens with zero attached hydrogens (tertiary/aromatic N) is 3. The zero-order valence-corrected chi connectivity index (χ0v) is 12.8. The van der Waals surface area contributed by atoms with Crippen molar-refractivity contribution in [2.24, 2.45) is 0 Å². The highest BCUT2D eigenvalue weighted by molar-refractivity contribution is 7.99. The number of hydrogen-bond acceptors (Lipinski definition) is 5. The lowest BCUT2D eigenvalue weighted by Gasteiger charge is -2.27. The standard InChI is InChI=1S/C13H22N4O2S/c1-10(2)17-9-14-16-12(17)20-7-11(19)15-13(8-18)5-3-4-6-13/h9-10,18H,3-8H2,1-2H3,(H,15,19). The van der Waals surface area contributed by atoms with Gasteiger partial charge in [0, 0.05) is 6.04 Å². The fourth-order valence-corrected chi connectivity index (χ4v) is 3.37. The van der Waals surface area contributed by atoms with Gasteiger partial charge in [0.2, 0.25) is 5.91 Å². The zero-order chi connectivity index (χ0) is 14.6. The molecule has 0 aliphatic heterocycles. The molecule has 0 atom stereocenters. The molecule has 1 amide bonds. The van der Waals surface area contributed by atoms with Gasteiger partial charge in [-0.05, 0) is 26.7 Å². The van der Waals surface area contributed by atoms with Crippen LogP contribution in [-0.2, 0) is 4.79 Å². The predicted octanol–water partition coefficient (Wildman–Crippen LogP) is 1.37. The van der Waals surface area contributed by atoms with Crippen molar-refractivity contribution in [2.75, 3.05) is 12.4 Å². The third-order valence-electron chi connectivity index (χ3n) is 3.70. The lowest BCUT2D eigenvalue weighted by atomic mass is 9.99. The molecule has 20 heavy (non-hydrogen) atoms. The first-order chi connectivity index (χ1) is 9.56.